The minimum absolute atomic E-state index is 0.925. The largest absolute Gasteiger partial charge is 0.301 e. The summed E-state index contributed by atoms with van der Waals surface area (Å²) in [6, 6.07) is 40.8. The smallest absolute Gasteiger partial charge is 0.138 e. The molecule has 3 aromatic heterocycles. The molecule has 0 spiro atoms. The van der Waals surface area contributed by atoms with Gasteiger partial charge >= 0.3 is 0 Å². The van der Waals surface area contributed by atoms with E-state index in [4.69, 9.17) is 4.98 Å². The SMILES string of the molecule is c1ccc(-c2cc(-c3ccccc3)nc(-n3ccc4cc5sc6ccccc6c5cc43)c2)cc1. The Balaban J connectivity index is 1.49. The molecule has 0 saturated heterocycles. The second kappa shape index (κ2) is 7.68. The van der Waals surface area contributed by atoms with Gasteiger partial charge in [0.15, 0.2) is 0 Å². The molecule has 0 saturated carbocycles. The second-order valence-electron chi connectivity index (χ2n) is 8.52. The predicted molar refractivity (Wildman–Crippen MR) is 145 cm³/mol. The predicted octanol–water partition coefficient (Wildman–Crippen LogP) is 8.73. The van der Waals surface area contributed by atoms with Crippen LogP contribution >= 0.6 is 11.3 Å². The Labute approximate surface area is 201 Å². The minimum Gasteiger partial charge on any atom is -0.301 e. The molecule has 0 bridgehead atoms. The molecule has 0 amide bonds. The first-order valence-electron chi connectivity index (χ1n) is 11.4. The Kier molecular flexibility index (Phi) is 4.36. The highest BCUT2D eigenvalue weighted by Gasteiger charge is 2.13. The van der Waals surface area contributed by atoms with Gasteiger partial charge in [-0.25, -0.2) is 4.98 Å². The van der Waals surface area contributed by atoms with Crippen LogP contribution in [0.3, 0.4) is 0 Å². The molecule has 0 aliphatic heterocycles. The first-order chi connectivity index (χ1) is 16.8. The van der Waals surface area contributed by atoms with Crippen molar-refractivity contribution in [1.82, 2.24) is 9.55 Å². The number of benzene rings is 4. The van der Waals surface area contributed by atoms with Crippen molar-refractivity contribution in [3.05, 3.63) is 121 Å². The van der Waals surface area contributed by atoms with Crippen LogP contribution in [-0.4, -0.2) is 9.55 Å². The van der Waals surface area contributed by atoms with Gasteiger partial charge in [0.2, 0.25) is 0 Å². The molecule has 0 fully saturated rings. The lowest BCUT2D eigenvalue weighted by Crippen LogP contribution is -1.98. The maximum Gasteiger partial charge on any atom is 0.138 e. The molecular formula is C31H20N2S. The quantitative estimate of drug-likeness (QED) is 0.262. The van der Waals surface area contributed by atoms with E-state index in [0.29, 0.717) is 0 Å². The van der Waals surface area contributed by atoms with Gasteiger partial charge in [-0.15, -0.1) is 11.3 Å². The zero-order valence-electron chi connectivity index (χ0n) is 18.3. The summed E-state index contributed by atoms with van der Waals surface area (Å²) in [7, 11) is 0. The van der Waals surface area contributed by atoms with Gasteiger partial charge in [0, 0.05) is 37.3 Å². The van der Waals surface area contributed by atoms with Crippen LogP contribution < -0.4 is 0 Å². The van der Waals surface area contributed by atoms with Crippen LogP contribution in [0.1, 0.15) is 0 Å². The average Bonchev–Trinajstić information content (AvgIpc) is 3.49. The highest BCUT2D eigenvalue weighted by molar-refractivity contribution is 7.25. The standard InChI is InChI=1S/C31H20N2S/c1-3-9-21(10-4-1)24-17-27(22-11-5-2-6-12-22)32-31(19-24)33-16-15-23-18-30-26(20-28(23)33)25-13-7-8-14-29(25)34-30/h1-20H. The highest BCUT2D eigenvalue weighted by atomic mass is 32.1. The summed E-state index contributed by atoms with van der Waals surface area (Å²) < 4.78 is 4.87. The lowest BCUT2D eigenvalue weighted by Gasteiger charge is -2.12. The first-order valence-corrected chi connectivity index (χ1v) is 12.2. The lowest BCUT2D eigenvalue weighted by atomic mass is 10.0. The summed E-state index contributed by atoms with van der Waals surface area (Å²) in [5.74, 6) is 0.925. The molecule has 34 heavy (non-hydrogen) atoms. The van der Waals surface area contributed by atoms with Crippen LogP contribution in [-0.2, 0) is 0 Å². The van der Waals surface area contributed by atoms with Crippen LogP contribution in [0.25, 0.3) is 59.3 Å². The minimum atomic E-state index is 0.925. The fourth-order valence-corrected chi connectivity index (χ4v) is 5.88. The number of hydrogen-bond donors (Lipinski definition) is 0. The number of thiophene rings is 1. The van der Waals surface area contributed by atoms with E-state index in [1.807, 2.05) is 17.4 Å². The van der Waals surface area contributed by atoms with Crippen molar-refractivity contribution in [3.63, 3.8) is 0 Å². The van der Waals surface area contributed by atoms with Crippen molar-refractivity contribution in [2.24, 2.45) is 0 Å². The Morgan fingerprint density at radius 3 is 2.12 bits per heavy atom. The fraction of sp³-hybridized carbons (Fsp3) is 0. The van der Waals surface area contributed by atoms with E-state index in [2.05, 4.69) is 120 Å². The Bertz CT molecular complexity index is 1740. The van der Waals surface area contributed by atoms with E-state index >= 15 is 0 Å². The van der Waals surface area contributed by atoms with Gasteiger partial charge in [0.1, 0.15) is 5.82 Å². The van der Waals surface area contributed by atoms with Crippen molar-refractivity contribution < 1.29 is 0 Å². The molecule has 0 aliphatic rings. The number of pyridine rings is 1. The molecule has 3 heteroatoms. The van der Waals surface area contributed by atoms with E-state index in [1.54, 1.807) is 0 Å². The van der Waals surface area contributed by atoms with Crippen molar-refractivity contribution in [1.29, 1.82) is 0 Å². The second-order valence-corrected chi connectivity index (χ2v) is 9.61. The van der Waals surface area contributed by atoms with E-state index < -0.39 is 0 Å². The van der Waals surface area contributed by atoms with Crippen LogP contribution in [0, 0.1) is 0 Å². The third-order valence-corrected chi connectivity index (χ3v) is 7.56. The van der Waals surface area contributed by atoms with E-state index in [-0.39, 0.29) is 0 Å². The van der Waals surface area contributed by atoms with Gasteiger partial charge < -0.3 is 4.57 Å². The topological polar surface area (TPSA) is 17.8 Å². The Morgan fingerprint density at radius 1 is 0.559 bits per heavy atom. The molecular weight excluding hydrogens is 432 g/mol. The number of rotatable bonds is 3. The zero-order chi connectivity index (χ0) is 22.5. The fourth-order valence-electron chi connectivity index (χ4n) is 4.75. The van der Waals surface area contributed by atoms with Crippen molar-refractivity contribution in [2.75, 3.05) is 0 Å². The maximum absolute atomic E-state index is 5.12. The average molecular weight is 453 g/mol. The van der Waals surface area contributed by atoms with Crippen LogP contribution in [0.4, 0.5) is 0 Å². The lowest BCUT2D eigenvalue weighted by molar-refractivity contribution is 1.05. The number of fused-ring (bicyclic) bond motifs is 4. The van der Waals surface area contributed by atoms with Gasteiger partial charge in [0.05, 0.1) is 11.2 Å². The third kappa shape index (κ3) is 3.13. The first kappa shape index (κ1) is 19.3. The van der Waals surface area contributed by atoms with Crippen LogP contribution in [0.5, 0.6) is 0 Å². The Hall–Kier alpha value is -4.21. The van der Waals surface area contributed by atoms with Crippen LogP contribution in [0.15, 0.2) is 121 Å². The van der Waals surface area contributed by atoms with Gasteiger partial charge in [-0.2, -0.15) is 0 Å². The number of hydrogen-bond acceptors (Lipinski definition) is 2. The van der Waals surface area contributed by atoms with E-state index in [0.717, 1.165) is 22.6 Å². The third-order valence-electron chi connectivity index (χ3n) is 6.42. The van der Waals surface area contributed by atoms with Crippen molar-refractivity contribution >= 4 is 42.4 Å². The number of aromatic nitrogens is 2. The summed E-state index contributed by atoms with van der Waals surface area (Å²) in [4.78, 5) is 5.12. The summed E-state index contributed by atoms with van der Waals surface area (Å²) in [6.07, 6.45) is 2.14. The molecule has 0 N–H and O–H groups in total. The van der Waals surface area contributed by atoms with Gasteiger partial charge in [-0.3, -0.25) is 0 Å². The summed E-state index contributed by atoms with van der Waals surface area (Å²) in [6.45, 7) is 0. The molecule has 0 radical (unpaired) electrons. The molecule has 160 valence electrons. The van der Waals surface area contributed by atoms with Crippen molar-refractivity contribution in [3.8, 4) is 28.2 Å². The maximum atomic E-state index is 5.12. The number of nitrogens with zero attached hydrogens (tertiary/aromatic N) is 2. The highest BCUT2D eigenvalue weighted by Crippen LogP contribution is 2.37. The molecule has 7 rings (SSSR count). The van der Waals surface area contributed by atoms with Gasteiger partial charge in [0.25, 0.3) is 0 Å². The molecule has 0 atom stereocenters. The summed E-state index contributed by atoms with van der Waals surface area (Å²) in [5.41, 5.74) is 5.61. The molecule has 7 aromatic rings. The van der Waals surface area contributed by atoms with Crippen LogP contribution in [0.2, 0.25) is 0 Å². The normalized spacial score (nSPS) is 11.5. The van der Waals surface area contributed by atoms with Crippen molar-refractivity contribution in [2.45, 2.75) is 0 Å². The monoisotopic (exact) mass is 452 g/mol. The summed E-state index contributed by atoms with van der Waals surface area (Å²) in [5, 5.41) is 3.84. The molecule has 3 heterocycles. The zero-order valence-corrected chi connectivity index (χ0v) is 19.2. The molecule has 0 unspecified atom stereocenters. The van der Waals surface area contributed by atoms with E-state index in [9.17, 15) is 0 Å². The molecule has 4 aromatic carbocycles. The van der Waals surface area contributed by atoms with E-state index in [1.165, 1.54) is 36.6 Å². The summed E-state index contributed by atoms with van der Waals surface area (Å²) >= 11 is 1.86. The Morgan fingerprint density at radius 2 is 1.29 bits per heavy atom. The van der Waals surface area contributed by atoms with Gasteiger partial charge in [-0.1, -0.05) is 78.9 Å². The molecule has 2 nitrogen and oxygen atoms in total. The van der Waals surface area contributed by atoms with Gasteiger partial charge in [-0.05, 0) is 47.5 Å². The molecule has 0 aliphatic carbocycles.